The van der Waals surface area contributed by atoms with Crippen molar-refractivity contribution in [3.63, 3.8) is 0 Å². The summed E-state index contributed by atoms with van der Waals surface area (Å²) >= 11 is 0. The molecule has 6 heteroatoms. The minimum absolute atomic E-state index is 0.174. The van der Waals surface area contributed by atoms with E-state index in [4.69, 9.17) is 18.9 Å². The quantitative estimate of drug-likeness (QED) is 0.577. The maximum absolute atomic E-state index is 12.1. The van der Waals surface area contributed by atoms with E-state index in [0.29, 0.717) is 22.8 Å². The van der Waals surface area contributed by atoms with Crippen molar-refractivity contribution in [1.82, 2.24) is 0 Å². The van der Waals surface area contributed by atoms with Gasteiger partial charge < -0.3 is 18.9 Å². The summed E-state index contributed by atoms with van der Waals surface area (Å²) in [6.07, 6.45) is 5.07. The third kappa shape index (κ3) is 4.17. The highest BCUT2D eigenvalue weighted by molar-refractivity contribution is 6.11. The number of carbonyl (C=O) groups is 1. The first kappa shape index (κ1) is 18.3. The standard InChI is InChI=1S/C21H19NO5/c1-24-17-13-19(26-3)18(25-2)12-15(17)11-16-21(23)27-20(22-16)10-9-14-7-5-4-6-8-14/h4-13H,1-3H3/b10-9+,16-11-. The Morgan fingerprint density at radius 2 is 1.56 bits per heavy atom. The molecular weight excluding hydrogens is 346 g/mol. The van der Waals surface area contributed by atoms with Crippen LogP contribution in [0.2, 0.25) is 0 Å². The molecule has 0 saturated heterocycles. The van der Waals surface area contributed by atoms with E-state index in [0.717, 1.165) is 5.56 Å². The summed E-state index contributed by atoms with van der Waals surface area (Å²) in [5.41, 5.74) is 1.78. The average molecular weight is 365 g/mol. The third-order valence-corrected chi connectivity index (χ3v) is 3.88. The van der Waals surface area contributed by atoms with Crippen molar-refractivity contribution < 1.29 is 23.7 Å². The van der Waals surface area contributed by atoms with Crippen LogP contribution in [0.15, 0.2) is 59.2 Å². The second-order valence-electron chi connectivity index (χ2n) is 5.56. The molecule has 0 unspecified atom stereocenters. The Morgan fingerprint density at radius 3 is 2.22 bits per heavy atom. The topological polar surface area (TPSA) is 66.3 Å². The lowest BCUT2D eigenvalue weighted by molar-refractivity contribution is -0.129. The molecule has 27 heavy (non-hydrogen) atoms. The fourth-order valence-corrected chi connectivity index (χ4v) is 2.54. The van der Waals surface area contributed by atoms with Crippen LogP contribution in [-0.4, -0.2) is 33.2 Å². The summed E-state index contributed by atoms with van der Waals surface area (Å²) in [5, 5.41) is 0. The fraction of sp³-hybridized carbons (Fsp3) is 0.143. The van der Waals surface area contributed by atoms with Gasteiger partial charge in [-0.2, -0.15) is 0 Å². The number of cyclic esters (lactones) is 1. The van der Waals surface area contributed by atoms with Crippen LogP contribution >= 0.6 is 0 Å². The number of aliphatic imine (C=N–C) groups is 1. The average Bonchev–Trinajstić information content (AvgIpc) is 3.06. The van der Waals surface area contributed by atoms with E-state index in [9.17, 15) is 4.79 Å². The number of ether oxygens (including phenoxy) is 4. The molecule has 2 aromatic rings. The van der Waals surface area contributed by atoms with E-state index in [1.165, 1.54) is 14.2 Å². The number of hydrogen-bond acceptors (Lipinski definition) is 6. The van der Waals surface area contributed by atoms with Crippen molar-refractivity contribution in [3.8, 4) is 17.2 Å². The largest absolute Gasteiger partial charge is 0.496 e. The van der Waals surface area contributed by atoms with Crippen molar-refractivity contribution in [3.05, 3.63) is 65.4 Å². The molecule has 2 aromatic carbocycles. The molecule has 0 spiro atoms. The molecule has 1 heterocycles. The number of esters is 1. The Morgan fingerprint density at radius 1 is 0.889 bits per heavy atom. The Labute approximate surface area is 157 Å². The molecule has 1 aliphatic rings. The highest BCUT2D eigenvalue weighted by Gasteiger charge is 2.22. The van der Waals surface area contributed by atoms with Gasteiger partial charge in [-0.05, 0) is 23.8 Å². The summed E-state index contributed by atoms with van der Waals surface area (Å²) in [7, 11) is 4.61. The van der Waals surface area contributed by atoms with Crippen LogP contribution in [0.5, 0.6) is 17.2 Å². The van der Waals surface area contributed by atoms with Crippen LogP contribution in [0.3, 0.4) is 0 Å². The number of carbonyl (C=O) groups excluding carboxylic acids is 1. The smallest absolute Gasteiger partial charge is 0.363 e. The number of benzene rings is 2. The molecule has 138 valence electrons. The molecule has 0 amide bonds. The Kier molecular flexibility index (Phi) is 5.56. The SMILES string of the molecule is COc1cc(OC)c(OC)cc1/C=C1N=C(/C=C/c2ccccc2)OC\1=O. The minimum Gasteiger partial charge on any atom is -0.496 e. The zero-order valence-corrected chi connectivity index (χ0v) is 15.3. The highest BCUT2D eigenvalue weighted by Crippen LogP contribution is 2.36. The highest BCUT2D eigenvalue weighted by atomic mass is 16.6. The Hall–Kier alpha value is -3.54. The third-order valence-electron chi connectivity index (χ3n) is 3.88. The molecule has 1 aliphatic heterocycles. The lowest BCUT2D eigenvalue weighted by Crippen LogP contribution is -2.01. The van der Waals surface area contributed by atoms with Gasteiger partial charge in [0.05, 0.1) is 21.3 Å². The van der Waals surface area contributed by atoms with Crippen LogP contribution in [0.25, 0.3) is 12.2 Å². The molecule has 3 rings (SSSR count). The van der Waals surface area contributed by atoms with E-state index < -0.39 is 5.97 Å². The van der Waals surface area contributed by atoms with Gasteiger partial charge in [-0.1, -0.05) is 30.3 Å². The van der Waals surface area contributed by atoms with Crippen LogP contribution in [-0.2, 0) is 9.53 Å². The molecule has 0 N–H and O–H groups in total. The second kappa shape index (κ2) is 8.23. The van der Waals surface area contributed by atoms with Gasteiger partial charge >= 0.3 is 5.97 Å². The van der Waals surface area contributed by atoms with Crippen molar-refractivity contribution in [2.75, 3.05) is 21.3 Å². The summed E-state index contributed by atoms with van der Waals surface area (Å²) in [6.45, 7) is 0. The van der Waals surface area contributed by atoms with Gasteiger partial charge in [0, 0.05) is 17.7 Å². The summed E-state index contributed by atoms with van der Waals surface area (Å²) < 4.78 is 21.1. The number of rotatable bonds is 6. The van der Waals surface area contributed by atoms with Gasteiger partial charge in [0.2, 0.25) is 5.90 Å². The van der Waals surface area contributed by atoms with Crippen LogP contribution in [0.1, 0.15) is 11.1 Å². The Balaban J connectivity index is 1.91. The van der Waals surface area contributed by atoms with Crippen molar-refractivity contribution >= 4 is 24.0 Å². The molecule has 0 saturated carbocycles. The van der Waals surface area contributed by atoms with E-state index in [-0.39, 0.29) is 11.6 Å². The Bertz CT molecular complexity index is 929. The summed E-state index contributed by atoms with van der Waals surface area (Å²) in [4.78, 5) is 16.4. The molecule has 0 bridgehead atoms. The predicted molar refractivity (Wildman–Crippen MR) is 103 cm³/mol. The molecule has 0 aliphatic carbocycles. The molecule has 0 radical (unpaired) electrons. The first-order valence-electron chi connectivity index (χ1n) is 8.20. The van der Waals surface area contributed by atoms with E-state index in [1.54, 1.807) is 31.4 Å². The maximum Gasteiger partial charge on any atom is 0.363 e. The first-order chi connectivity index (χ1) is 13.1. The lowest BCUT2D eigenvalue weighted by Gasteiger charge is -2.12. The fourth-order valence-electron chi connectivity index (χ4n) is 2.54. The number of nitrogens with zero attached hydrogens (tertiary/aromatic N) is 1. The van der Waals surface area contributed by atoms with E-state index >= 15 is 0 Å². The van der Waals surface area contributed by atoms with Crippen molar-refractivity contribution in [1.29, 1.82) is 0 Å². The normalized spacial score (nSPS) is 15.0. The summed E-state index contributed by atoms with van der Waals surface area (Å²) in [5.74, 6) is 1.27. The van der Waals surface area contributed by atoms with E-state index in [1.807, 2.05) is 36.4 Å². The van der Waals surface area contributed by atoms with Gasteiger partial charge in [0.1, 0.15) is 5.75 Å². The van der Waals surface area contributed by atoms with Gasteiger partial charge in [-0.15, -0.1) is 0 Å². The van der Waals surface area contributed by atoms with Gasteiger partial charge in [-0.3, -0.25) is 0 Å². The number of methoxy groups -OCH3 is 3. The molecule has 0 atom stereocenters. The van der Waals surface area contributed by atoms with Crippen LogP contribution in [0.4, 0.5) is 0 Å². The van der Waals surface area contributed by atoms with Crippen molar-refractivity contribution in [2.45, 2.75) is 0 Å². The second-order valence-corrected chi connectivity index (χ2v) is 5.56. The first-order valence-corrected chi connectivity index (χ1v) is 8.20. The predicted octanol–water partition coefficient (Wildman–Crippen LogP) is 3.72. The number of hydrogen-bond donors (Lipinski definition) is 0. The monoisotopic (exact) mass is 365 g/mol. The minimum atomic E-state index is -0.528. The van der Waals surface area contributed by atoms with Crippen molar-refractivity contribution in [2.24, 2.45) is 4.99 Å². The zero-order chi connectivity index (χ0) is 19.2. The van der Waals surface area contributed by atoms with E-state index in [2.05, 4.69) is 4.99 Å². The molecule has 0 fully saturated rings. The molecule has 6 nitrogen and oxygen atoms in total. The lowest BCUT2D eigenvalue weighted by atomic mass is 10.1. The summed E-state index contributed by atoms with van der Waals surface area (Å²) in [6, 6.07) is 13.1. The van der Waals surface area contributed by atoms with Gasteiger partial charge in [0.25, 0.3) is 0 Å². The van der Waals surface area contributed by atoms with Gasteiger partial charge in [0.15, 0.2) is 17.2 Å². The van der Waals surface area contributed by atoms with Gasteiger partial charge in [-0.25, -0.2) is 9.79 Å². The van der Waals surface area contributed by atoms with Crippen LogP contribution < -0.4 is 14.2 Å². The van der Waals surface area contributed by atoms with Crippen LogP contribution in [0, 0.1) is 0 Å². The molecule has 0 aromatic heterocycles. The maximum atomic E-state index is 12.1. The zero-order valence-electron chi connectivity index (χ0n) is 15.3. The molecular formula is C21H19NO5.